The summed E-state index contributed by atoms with van der Waals surface area (Å²) in [7, 11) is 2.01. The van der Waals surface area contributed by atoms with Crippen LogP contribution in [0.15, 0.2) is 58.7 Å². The molecule has 0 fully saturated rings. The molecular weight excluding hydrogens is 266 g/mol. The zero-order valence-electron chi connectivity index (χ0n) is 11.4. The average Bonchev–Trinajstić information content (AvgIpc) is 2.78. The highest BCUT2D eigenvalue weighted by atomic mass is 32.1. The number of benzene rings is 2. The van der Waals surface area contributed by atoms with Crippen molar-refractivity contribution in [2.45, 2.75) is 6.92 Å². The summed E-state index contributed by atoms with van der Waals surface area (Å²) < 4.78 is 3.28. The number of aromatic nitrogens is 1. The lowest BCUT2D eigenvalue weighted by Gasteiger charge is -1.93. The van der Waals surface area contributed by atoms with Crippen molar-refractivity contribution in [2.75, 3.05) is 0 Å². The third kappa shape index (κ3) is 2.56. The van der Waals surface area contributed by atoms with E-state index in [0.29, 0.717) is 0 Å². The van der Waals surface area contributed by atoms with Crippen molar-refractivity contribution in [2.24, 2.45) is 17.3 Å². The molecule has 0 saturated carbocycles. The minimum atomic E-state index is 0.898. The van der Waals surface area contributed by atoms with Crippen LogP contribution in [0.2, 0.25) is 0 Å². The second-order valence-electron chi connectivity index (χ2n) is 4.67. The molecule has 0 aliphatic rings. The Labute approximate surface area is 121 Å². The van der Waals surface area contributed by atoms with Crippen LogP contribution in [-0.2, 0) is 7.05 Å². The standard InChI is InChI=1S/C16H15N3S/c1-12-7-9-13(10-8-12)11-17-18-16-19(2)14-5-3-4-6-15(14)20-16/h3-11H,1-2H3/b17-11+,18-16-. The summed E-state index contributed by atoms with van der Waals surface area (Å²) >= 11 is 1.64. The second-order valence-corrected chi connectivity index (χ2v) is 5.68. The summed E-state index contributed by atoms with van der Waals surface area (Å²) in [5.41, 5.74) is 3.49. The van der Waals surface area contributed by atoms with E-state index in [4.69, 9.17) is 0 Å². The Balaban J connectivity index is 1.94. The maximum absolute atomic E-state index is 4.31. The number of fused-ring (bicyclic) bond motifs is 1. The first kappa shape index (κ1) is 12.8. The van der Waals surface area contributed by atoms with Gasteiger partial charge in [-0.1, -0.05) is 53.3 Å². The molecule has 1 aromatic heterocycles. The van der Waals surface area contributed by atoms with Gasteiger partial charge in [0.2, 0.25) is 4.80 Å². The molecule has 0 spiro atoms. The van der Waals surface area contributed by atoms with Gasteiger partial charge in [0.15, 0.2) is 0 Å². The maximum Gasteiger partial charge on any atom is 0.211 e. The van der Waals surface area contributed by atoms with E-state index in [0.717, 1.165) is 10.4 Å². The Kier molecular flexibility index (Phi) is 3.48. The molecule has 0 unspecified atom stereocenters. The molecule has 0 amide bonds. The van der Waals surface area contributed by atoms with Gasteiger partial charge in [-0.2, -0.15) is 5.10 Å². The lowest BCUT2D eigenvalue weighted by molar-refractivity contribution is 0.889. The fourth-order valence-electron chi connectivity index (χ4n) is 1.98. The predicted octanol–water partition coefficient (Wildman–Crippen LogP) is 3.48. The molecule has 100 valence electrons. The molecule has 0 N–H and O–H groups in total. The number of rotatable bonds is 2. The van der Waals surface area contributed by atoms with Gasteiger partial charge >= 0.3 is 0 Å². The predicted molar refractivity (Wildman–Crippen MR) is 85.1 cm³/mol. The largest absolute Gasteiger partial charge is 0.318 e. The molecule has 3 nitrogen and oxygen atoms in total. The van der Waals surface area contributed by atoms with Crippen LogP contribution < -0.4 is 4.80 Å². The highest BCUT2D eigenvalue weighted by Gasteiger charge is 2.00. The number of nitrogens with zero attached hydrogens (tertiary/aromatic N) is 3. The third-order valence-corrected chi connectivity index (χ3v) is 4.25. The van der Waals surface area contributed by atoms with Crippen molar-refractivity contribution in [1.82, 2.24) is 4.57 Å². The van der Waals surface area contributed by atoms with E-state index in [1.54, 1.807) is 17.6 Å². The van der Waals surface area contributed by atoms with Gasteiger partial charge in [-0.3, -0.25) is 0 Å². The minimum absolute atomic E-state index is 0.898. The van der Waals surface area contributed by atoms with E-state index >= 15 is 0 Å². The molecule has 0 aliphatic carbocycles. The van der Waals surface area contributed by atoms with E-state index in [9.17, 15) is 0 Å². The van der Waals surface area contributed by atoms with Gasteiger partial charge in [-0.05, 0) is 24.6 Å². The Hall–Kier alpha value is -2.20. The molecule has 4 heteroatoms. The lowest BCUT2D eigenvalue weighted by Crippen LogP contribution is -2.08. The normalized spacial score (nSPS) is 12.6. The van der Waals surface area contributed by atoms with Crippen molar-refractivity contribution in [3.8, 4) is 0 Å². The highest BCUT2D eigenvalue weighted by molar-refractivity contribution is 7.16. The number of para-hydroxylation sites is 1. The zero-order chi connectivity index (χ0) is 13.9. The molecular formula is C16H15N3S. The van der Waals surface area contributed by atoms with Crippen molar-refractivity contribution in [3.05, 3.63) is 64.5 Å². The number of aryl methyl sites for hydroxylation is 2. The highest BCUT2D eigenvalue weighted by Crippen LogP contribution is 2.15. The molecule has 0 bridgehead atoms. The zero-order valence-corrected chi connectivity index (χ0v) is 12.3. The molecule has 2 aromatic carbocycles. The van der Waals surface area contributed by atoms with E-state index in [-0.39, 0.29) is 0 Å². The SMILES string of the molecule is Cc1ccc(/C=N/N=c2\sc3ccccc3n2C)cc1. The quantitative estimate of drug-likeness (QED) is 0.508. The molecule has 3 rings (SSSR count). The monoisotopic (exact) mass is 281 g/mol. The first-order chi connectivity index (χ1) is 9.74. The van der Waals surface area contributed by atoms with Crippen molar-refractivity contribution in [3.63, 3.8) is 0 Å². The summed E-state index contributed by atoms with van der Waals surface area (Å²) in [6.07, 6.45) is 1.78. The first-order valence-corrected chi connectivity index (χ1v) is 7.24. The number of hydrogen-bond acceptors (Lipinski definition) is 3. The summed E-state index contributed by atoms with van der Waals surface area (Å²) in [4.78, 5) is 0.898. The fourth-order valence-corrected chi connectivity index (χ4v) is 2.95. The van der Waals surface area contributed by atoms with Crippen molar-refractivity contribution < 1.29 is 0 Å². The first-order valence-electron chi connectivity index (χ1n) is 6.42. The summed E-state index contributed by atoms with van der Waals surface area (Å²) in [6.45, 7) is 2.07. The summed E-state index contributed by atoms with van der Waals surface area (Å²) in [6, 6.07) is 16.5. The van der Waals surface area contributed by atoms with Crippen LogP contribution >= 0.6 is 11.3 Å². The molecule has 3 aromatic rings. The van der Waals surface area contributed by atoms with Crippen molar-refractivity contribution in [1.29, 1.82) is 0 Å². The Morgan fingerprint density at radius 1 is 1.05 bits per heavy atom. The fraction of sp³-hybridized carbons (Fsp3) is 0.125. The molecule has 0 saturated heterocycles. The summed E-state index contributed by atoms with van der Waals surface area (Å²) in [5.74, 6) is 0. The third-order valence-electron chi connectivity index (χ3n) is 3.14. The van der Waals surface area contributed by atoms with Gasteiger partial charge in [0.1, 0.15) is 0 Å². The second kappa shape index (κ2) is 5.43. The summed E-state index contributed by atoms with van der Waals surface area (Å²) in [5, 5.41) is 8.50. The van der Waals surface area contributed by atoms with Gasteiger partial charge in [0, 0.05) is 7.05 Å². The van der Waals surface area contributed by atoms with Gasteiger partial charge in [-0.25, -0.2) is 0 Å². The Bertz CT molecular complexity index is 823. The molecule has 20 heavy (non-hydrogen) atoms. The molecule has 0 atom stereocenters. The van der Waals surface area contributed by atoms with E-state index < -0.39 is 0 Å². The average molecular weight is 281 g/mol. The van der Waals surface area contributed by atoms with Crippen LogP contribution in [0.3, 0.4) is 0 Å². The number of thiazole rings is 1. The topological polar surface area (TPSA) is 29.6 Å². The van der Waals surface area contributed by atoms with Crippen LogP contribution in [0.25, 0.3) is 10.2 Å². The Morgan fingerprint density at radius 3 is 2.55 bits per heavy atom. The van der Waals surface area contributed by atoms with Crippen LogP contribution in [0.1, 0.15) is 11.1 Å². The van der Waals surface area contributed by atoms with Crippen LogP contribution in [-0.4, -0.2) is 10.8 Å². The van der Waals surface area contributed by atoms with Crippen LogP contribution in [0.4, 0.5) is 0 Å². The van der Waals surface area contributed by atoms with Gasteiger partial charge in [0.05, 0.1) is 16.4 Å². The number of hydrogen-bond donors (Lipinski definition) is 0. The van der Waals surface area contributed by atoms with E-state index in [2.05, 4.69) is 46.0 Å². The van der Waals surface area contributed by atoms with Gasteiger partial charge in [-0.15, -0.1) is 5.10 Å². The van der Waals surface area contributed by atoms with Crippen LogP contribution in [0.5, 0.6) is 0 Å². The van der Waals surface area contributed by atoms with E-state index in [1.165, 1.54) is 15.8 Å². The van der Waals surface area contributed by atoms with Gasteiger partial charge < -0.3 is 4.57 Å². The molecule has 0 aliphatic heterocycles. The van der Waals surface area contributed by atoms with Crippen LogP contribution in [0, 0.1) is 6.92 Å². The minimum Gasteiger partial charge on any atom is -0.318 e. The van der Waals surface area contributed by atoms with Crippen molar-refractivity contribution >= 4 is 27.8 Å². The molecule has 1 heterocycles. The smallest absolute Gasteiger partial charge is 0.211 e. The Morgan fingerprint density at radius 2 is 1.80 bits per heavy atom. The molecule has 0 radical (unpaired) electrons. The van der Waals surface area contributed by atoms with E-state index in [1.807, 2.05) is 31.3 Å². The maximum atomic E-state index is 4.31. The lowest BCUT2D eigenvalue weighted by atomic mass is 10.2. The van der Waals surface area contributed by atoms with Gasteiger partial charge in [0.25, 0.3) is 0 Å².